The van der Waals surface area contributed by atoms with Crippen molar-refractivity contribution in [1.82, 2.24) is 4.48 Å². The Kier molecular flexibility index (Phi) is 6.66. The molecule has 0 N–H and O–H groups in total. The molecule has 2 nitrogen and oxygen atoms in total. The molecule has 0 atom stereocenters. The van der Waals surface area contributed by atoms with E-state index in [0.29, 0.717) is 0 Å². The van der Waals surface area contributed by atoms with Crippen LogP contribution in [0.4, 0.5) is 17.1 Å². The van der Waals surface area contributed by atoms with Gasteiger partial charge in [0.1, 0.15) is 0 Å². The first-order valence-electron chi connectivity index (χ1n) is 21.5. The van der Waals surface area contributed by atoms with Crippen molar-refractivity contribution in [2.45, 2.75) is 50.9 Å². The normalized spacial score (nSPS) is 15.4. The Bertz CT molecular complexity index is 3210. The Balaban J connectivity index is 1.26. The first-order chi connectivity index (χ1) is 29.0. The minimum Gasteiger partial charge on any atom is -0.375 e. The van der Waals surface area contributed by atoms with Gasteiger partial charge in [0.15, 0.2) is 0 Å². The molecule has 0 radical (unpaired) electrons. The van der Waals surface area contributed by atoms with E-state index < -0.39 is 5.41 Å². The quantitative estimate of drug-likeness (QED) is 0.159. The van der Waals surface area contributed by atoms with E-state index in [2.05, 4.69) is 200 Å². The molecule has 4 aliphatic rings. The van der Waals surface area contributed by atoms with E-state index in [4.69, 9.17) is 0 Å². The van der Waals surface area contributed by atoms with Crippen molar-refractivity contribution < 1.29 is 0 Å². The van der Waals surface area contributed by atoms with Crippen LogP contribution in [0.1, 0.15) is 72.6 Å². The van der Waals surface area contributed by atoms with Gasteiger partial charge in [-0.15, -0.1) is 0 Å². The molecule has 13 rings (SSSR count). The lowest BCUT2D eigenvalue weighted by Crippen LogP contribution is -2.58. The Morgan fingerprint density at radius 1 is 0.542 bits per heavy atom. The zero-order valence-corrected chi connectivity index (χ0v) is 33.8. The predicted octanol–water partition coefficient (Wildman–Crippen LogP) is 12.6. The Morgan fingerprint density at radius 2 is 1.22 bits per heavy atom. The Labute approximate surface area is 346 Å². The van der Waals surface area contributed by atoms with Crippen LogP contribution in [0.15, 0.2) is 170 Å². The van der Waals surface area contributed by atoms with Gasteiger partial charge in [0, 0.05) is 44.0 Å². The average molecular weight is 755 g/mol. The lowest BCUT2D eigenvalue weighted by molar-refractivity contribution is 0.660. The summed E-state index contributed by atoms with van der Waals surface area (Å²) in [6.07, 6.45) is 3.44. The minimum atomic E-state index is -0.550. The van der Waals surface area contributed by atoms with Gasteiger partial charge < -0.3 is 9.38 Å². The number of aryl methyl sites for hydroxylation is 1. The molecule has 1 aromatic heterocycles. The molecule has 0 saturated heterocycles. The average Bonchev–Trinajstić information content (AvgIpc) is 3.74. The fourth-order valence-corrected chi connectivity index (χ4v) is 12.2. The molecule has 9 aromatic rings. The van der Waals surface area contributed by atoms with Crippen LogP contribution in [0.2, 0.25) is 0 Å². The van der Waals surface area contributed by atoms with Crippen LogP contribution in [0.25, 0.3) is 44.1 Å². The van der Waals surface area contributed by atoms with E-state index in [0.717, 1.165) is 6.42 Å². The Hall–Kier alpha value is -6.58. The fraction of sp³-hybridized carbons (Fsp3) is 0.143. The smallest absolute Gasteiger partial charge is 0.333 e. The third-order valence-corrected chi connectivity index (χ3v) is 14.6. The molecule has 59 heavy (non-hydrogen) atoms. The van der Waals surface area contributed by atoms with Crippen molar-refractivity contribution in [3.8, 4) is 22.3 Å². The number of unbranched alkanes of at least 4 members (excludes halogenated alkanes) is 1. The summed E-state index contributed by atoms with van der Waals surface area (Å²) in [7, 11) is 0. The third kappa shape index (κ3) is 4.04. The van der Waals surface area contributed by atoms with E-state index in [9.17, 15) is 0 Å². The molecular formula is C56H43BN2. The first-order valence-corrected chi connectivity index (χ1v) is 21.5. The highest BCUT2D eigenvalue weighted by molar-refractivity contribution is 6.90. The van der Waals surface area contributed by atoms with Crippen LogP contribution in [0, 0.1) is 0 Å². The number of benzene rings is 8. The summed E-state index contributed by atoms with van der Waals surface area (Å²) in [6, 6.07) is 65.3. The fourth-order valence-electron chi connectivity index (χ4n) is 12.2. The van der Waals surface area contributed by atoms with E-state index in [-0.39, 0.29) is 12.3 Å². The molecule has 8 aromatic carbocycles. The number of fused-ring (bicyclic) bond motifs is 13. The molecule has 0 saturated carbocycles. The van der Waals surface area contributed by atoms with Crippen LogP contribution < -0.4 is 15.8 Å². The van der Waals surface area contributed by atoms with Gasteiger partial charge in [-0.1, -0.05) is 167 Å². The van der Waals surface area contributed by atoms with E-state index >= 15 is 0 Å². The summed E-state index contributed by atoms with van der Waals surface area (Å²) < 4.78 is 2.74. The second kappa shape index (κ2) is 11.8. The number of aromatic nitrogens is 1. The lowest BCUT2D eigenvalue weighted by Gasteiger charge is -2.51. The van der Waals surface area contributed by atoms with Crippen LogP contribution in [0.5, 0.6) is 0 Å². The van der Waals surface area contributed by atoms with Gasteiger partial charge in [-0.3, -0.25) is 0 Å². The van der Waals surface area contributed by atoms with Crippen molar-refractivity contribution in [3.05, 3.63) is 209 Å². The number of hydrogen-bond acceptors (Lipinski definition) is 1. The molecule has 0 spiro atoms. The molecule has 0 unspecified atom stereocenters. The highest BCUT2D eigenvalue weighted by Gasteiger charge is 2.54. The number of nitrogens with zero attached hydrogens (tertiary/aromatic N) is 2. The highest BCUT2D eigenvalue weighted by Crippen LogP contribution is 2.62. The lowest BCUT2D eigenvalue weighted by atomic mass is 9.43. The number of rotatable bonds is 5. The summed E-state index contributed by atoms with van der Waals surface area (Å²) in [5.74, 6) is 0. The third-order valence-electron chi connectivity index (χ3n) is 14.6. The maximum Gasteiger partial charge on any atom is 0.333 e. The topological polar surface area (TPSA) is 8.17 Å². The zero-order chi connectivity index (χ0) is 39.2. The van der Waals surface area contributed by atoms with E-state index in [1.165, 1.54) is 124 Å². The van der Waals surface area contributed by atoms with E-state index in [1.54, 1.807) is 0 Å². The van der Waals surface area contributed by atoms with Gasteiger partial charge in [-0.25, -0.2) is 0 Å². The van der Waals surface area contributed by atoms with Gasteiger partial charge in [-0.05, 0) is 104 Å². The maximum absolute atomic E-state index is 2.74. The molecule has 0 bridgehead atoms. The number of hydrogen-bond donors (Lipinski definition) is 0. The molecule has 3 aliphatic heterocycles. The second-order valence-electron chi connectivity index (χ2n) is 17.8. The zero-order valence-electron chi connectivity index (χ0n) is 33.8. The molecule has 4 heterocycles. The Morgan fingerprint density at radius 3 is 2.00 bits per heavy atom. The summed E-state index contributed by atoms with van der Waals surface area (Å²) in [6.45, 7) is 7.17. The van der Waals surface area contributed by atoms with Crippen molar-refractivity contribution in [2.75, 3.05) is 4.90 Å². The minimum absolute atomic E-state index is 0.0294. The van der Waals surface area contributed by atoms with Gasteiger partial charge in [-0.2, -0.15) is 0 Å². The SMILES string of the molecule is CCCCc1cc2c3c(c1)c1ccccc1n3B1c3cccc4c3N(c3ccccc3C4(c3ccccc3)c3ccccc3)c3c1c-2cc1c3-c2ccccc2C1(C)C. The predicted molar refractivity (Wildman–Crippen MR) is 248 cm³/mol. The summed E-state index contributed by atoms with van der Waals surface area (Å²) >= 11 is 0. The summed E-state index contributed by atoms with van der Waals surface area (Å²) in [5.41, 5.74) is 23.6. The first kappa shape index (κ1) is 33.4. The van der Waals surface area contributed by atoms with Crippen molar-refractivity contribution in [2.24, 2.45) is 0 Å². The van der Waals surface area contributed by atoms with Gasteiger partial charge >= 0.3 is 6.85 Å². The number of anilines is 3. The second-order valence-corrected chi connectivity index (χ2v) is 17.8. The van der Waals surface area contributed by atoms with Crippen LogP contribution >= 0.6 is 0 Å². The van der Waals surface area contributed by atoms with Gasteiger partial charge in [0.25, 0.3) is 0 Å². The molecule has 0 amide bonds. The van der Waals surface area contributed by atoms with Crippen LogP contribution in [-0.2, 0) is 17.3 Å². The van der Waals surface area contributed by atoms with Crippen LogP contribution in [-0.4, -0.2) is 11.3 Å². The van der Waals surface area contributed by atoms with E-state index in [1.807, 2.05) is 0 Å². The molecular weight excluding hydrogens is 711 g/mol. The largest absolute Gasteiger partial charge is 0.375 e. The summed E-state index contributed by atoms with van der Waals surface area (Å²) in [4.78, 5) is 2.73. The monoisotopic (exact) mass is 754 g/mol. The standard InChI is InChI=1S/C56H43BN2/c1-4-5-19-35-32-41-38-24-13-16-30-48(38)59-52(41)42(33-35)40-34-46-50(39-25-12-14-26-43(39)55(46,2)3)54-51(40)57(59)47-29-18-28-45-53(47)58(54)49-31-17-15-27-44(49)56(45,36-20-8-6-9-21-36)37-22-10-7-11-23-37/h6-18,20-34H,4-5,19H2,1-3H3. The van der Waals surface area contributed by atoms with Gasteiger partial charge in [0.05, 0.1) is 16.8 Å². The van der Waals surface area contributed by atoms with Crippen molar-refractivity contribution in [3.63, 3.8) is 0 Å². The van der Waals surface area contributed by atoms with Gasteiger partial charge in [0.2, 0.25) is 0 Å². The molecule has 1 aliphatic carbocycles. The number of para-hydroxylation sites is 3. The highest BCUT2D eigenvalue weighted by atomic mass is 15.2. The van der Waals surface area contributed by atoms with Crippen LogP contribution in [0.3, 0.4) is 0 Å². The maximum atomic E-state index is 2.74. The summed E-state index contributed by atoms with van der Waals surface area (Å²) in [5, 5.41) is 2.72. The molecule has 280 valence electrons. The van der Waals surface area contributed by atoms with Crippen molar-refractivity contribution >= 4 is 56.6 Å². The van der Waals surface area contributed by atoms with Crippen molar-refractivity contribution in [1.29, 1.82) is 0 Å². The molecule has 0 fully saturated rings. The molecule has 3 heteroatoms.